The molecule has 0 saturated heterocycles. The summed E-state index contributed by atoms with van der Waals surface area (Å²) in [6, 6.07) is 6.91. The first-order valence-corrected chi connectivity index (χ1v) is 13.8. The smallest absolute Gasteiger partial charge is 0.255 e. The van der Waals surface area contributed by atoms with Crippen LogP contribution in [0.1, 0.15) is 54.4 Å². The van der Waals surface area contributed by atoms with Crippen molar-refractivity contribution in [1.29, 1.82) is 0 Å². The molecule has 0 aliphatic heterocycles. The van der Waals surface area contributed by atoms with Gasteiger partial charge in [0.2, 0.25) is 15.8 Å². The van der Waals surface area contributed by atoms with E-state index in [9.17, 15) is 13.2 Å². The largest absolute Gasteiger partial charge is 0.493 e. The molecule has 3 rings (SSSR count). The zero-order chi connectivity index (χ0) is 27.2. The van der Waals surface area contributed by atoms with Crippen LogP contribution < -0.4 is 19.6 Å². The molecule has 0 unspecified atom stereocenters. The van der Waals surface area contributed by atoms with E-state index in [2.05, 4.69) is 10.5 Å². The molecule has 202 valence electrons. The fourth-order valence-electron chi connectivity index (χ4n) is 5.05. The molecule has 1 fully saturated rings. The molecule has 37 heavy (non-hydrogen) atoms. The number of amides is 1. The van der Waals surface area contributed by atoms with Gasteiger partial charge in [-0.2, -0.15) is 9.41 Å². The number of sulfonamides is 1. The van der Waals surface area contributed by atoms with Gasteiger partial charge in [-0.05, 0) is 56.9 Å². The van der Waals surface area contributed by atoms with Crippen molar-refractivity contribution in [3.63, 3.8) is 0 Å². The molecule has 2 aromatic rings. The third-order valence-electron chi connectivity index (χ3n) is 6.58. The van der Waals surface area contributed by atoms with E-state index < -0.39 is 15.9 Å². The molecule has 0 aromatic heterocycles. The Kier molecular flexibility index (Phi) is 9.56. The summed E-state index contributed by atoms with van der Waals surface area (Å²) < 4.78 is 45.3. The summed E-state index contributed by atoms with van der Waals surface area (Å²) in [4.78, 5) is 13.2. The summed E-state index contributed by atoms with van der Waals surface area (Å²) in [5.74, 6) is 0.776. The van der Waals surface area contributed by atoms with Gasteiger partial charge in [0.25, 0.3) is 5.91 Å². The highest BCUT2D eigenvalue weighted by atomic mass is 32.2. The van der Waals surface area contributed by atoms with E-state index in [0.717, 1.165) is 37.7 Å². The second-order valence-electron chi connectivity index (χ2n) is 9.29. The lowest BCUT2D eigenvalue weighted by molar-refractivity contribution is -0.121. The quantitative estimate of drug-likeness (QED) is 0.365. The van der Waals surface area contributed by atoms with Crippen LogP contribution in [0.15, 0.2) is 34.3 Å². The van der Waals surface area contributed by atoms with Gasteiger partial charge in [0.05, 0.1) is 39.0 Å². The normalized spacial score (nSPS) is 14.7. The van der Waals surface area contributed by atoms with Crippen molar-refractivity contribution in [3.05, 3.63) is 46.5 Å². The van der Waals surface area contributed by atoms with E-state index in [-0.39, 0.29) is 17.5 Å². The number of benzene rings is 2. The molecule has 10 heteroatoms. The van der Waals surface area contributed by atoms with Crippen LogP contribution in [0.4, 0.5) is 0 Å². The minimum atomic E-state index is -3.91. The van der Waals surface area contributed by atoms with Crippen molar-refractivity contribution < 1.29 is 27.4 Å². The Hall–Kier alpha value is -3.11. The number of carbonyl (C=O) groups excluding carboxylic acids is 1. The molecule has 2 aromatic carbocycles. The van der Waals surface area contributed by atoms with Crippen molar-refractivity contribution in [2.24, 2.45) is 5.10 Å². The number of carbonyl (C=O) groups is 1. The summed E-state index contributed by atoms with van der Waals surface area (Å²) in [6.07, 6.45) is 5.80. The molecule has 1 amide bonds. The van der Waals surface area contributed by atoms with Gasteiger partial charge in [-0.3, -0.25) is 4.79 Å². The fraction of sp³-hybridized carbons (Fsp3) is 0.481. The average Bonchev–Trinajstić information content (AvgIpc) is 2.86. The Labute approximate surface area is 219 Å². The van der Waals surface area contributed by atoms with Crippen LogP contribution in [0.2, 0.25) is 0 Å². The lowest BCUT2D eigenvalue weighted by atomic mass is 9.95. The summed E-state index contributed by atoms with van der Waals surface area (Å²) in [5.41, 5.74) is 5.39. The second kappa shape index (κ2) is 12.4. The molecule has 1 aliphatic carbocycles. The zero-order valence-electron chi connectivity index (χ0n) is 22.5. The molecular weight excluding hydrogens is 494 g/mol. The highest BCUT2D eigenvalue weighted by Gasteiger charge is 2.35. The molecule has 0 heterocycles. The van der Waals surface area contributed by atoms with Gasteiger partial charge >= 0.3 is 0 Å². The summed E-state index contributed by atoms with van der Waals surface area (Å²) in [6.45, 7) is 5.22. The third-order valence-corrected chi connectivity index (χ3v) is 8.78. The Balaban J connectivity index is 1.85. The second-order valence-corrected chi connectivity index (χ2v) is 11.1. The van der Waals surface area contributed by atoms with Crippen LogP contribution in [0.3, 0.4) is 0 Å². The predicted molar refractivity (Wildman–Crippen MR) is 143 cm³/mol. The highest BCUT2D eigenvalue weighted by molar-refractivity contribution is 7.89. The maximum Gasteiger partial charge on any atom is 0.255 e. The number of aryl methyl sites for hydroxylation is 3. The first-order chi connectivity index (χ1) is 17.6. The summed E-state index contributed by atoms with van der Waals surface area (Å²) in [5, 5.41) is 4.06. The number of nitrogens with one attached hydrogen (secondary N) is 1. The average molecular weight is 532 g/mol. The first kappa shape index (κ1) is 28.5. The maximum atomic E-state index is 13.9. The first-order valence-electron chi connectivity index (χ1n) is 12.3. The minimum Gasteiger partial charge on any atom is -0.493 e. The highest BCUT2D eigenvalue weighted by Crippen LogP contribution is 2.39. The monoisotopic (exact) mass is 531 g/mol. The van der Waals surface area contributed by atoms with Gasteiger partial charge < -0.3 is 14.2 Å². The van der Waals surface area contributed by atoms with Crippen molar-refractivity contribution in [1.82, 2.24) is 9.73 Å². The Morgan fingerprint density at radius 1 is 1.00 bits per heavy atom. The molecule has 1 saturated carbocycles. The Bertz CT molecular complexity index is 1230. The summed E-state index contributed by atoms with van der Waals surface area (Å²) >= 11 is 0. The fourth-order valence-corrected chi connectivity index (χ4v) is 7.10. The van der Waals surface area contributed by atoms with E-state index in [1.807, 2.05) is 19.1 Å². The third kappa shape index (κ3) is 6.42. The molecule has 0 atom stereocenters. The number of hydrogen-bond acceptors (Lipinski definition) is 7. The molecule has 0 spiro atoms. The van der Waals surface area contributed by atoms with Crippen molar-refractivity contribution >= 4 is 22.1 Å². The van der Waals surface area contributed by atoms with Crippen LogP contribution in [0.5, 0.6) is 17.2 Å². The van der Waals surface area contributed by atoms with E-state index in [1.54, 1.807) is 26.0 Å². The molecule has 0 radical (unpaired) electrons. The number of methoxy groups -OCH3 is 3. The lowest BCUT2D eigenvalue weighted by Crippen LogP contribution is -2.46. The van der Waals surface area contributed by atoms with Crippen molar-refractivity contribution in [3.8, 4) is 17.2 Å². The molecule has 9 nitrogen and oxygen atoms in total. The van der Waals surface area contributed by atoms with E-state index in [1.165, 1.54) is 31.8 Å². The predicted octanol–water partition coefficient (Wildman–Crippen LogP) is 4.11. The molecule has 1 aliphatic rings. The lowest BCUT2D eigenvalue weighted by Gasteiger charge is -2.33. The number of hydrazone groups is 1. The number of hydrogen-bond donors (Lipinski definition) is 1. The van der Waals surface area contributed by atoms with E-state index >= 15 is 0 Å². The Morgan fingerprint density at radius 3 is 2.19 bits per heavy atom. The van der Waals surface area contributed by atoms with Gasteiger partial charge in [-0.1, -0.05) is 37.0 Å². The Morgan fingerprint density at radius 2 is 1.62 bits per heavy atom. The van der Waals surface area contributed by atoms with Gasteiger partial charge in [0.15, 0.2) is 11.5 Å². The van der Waals surface area contributed by atoms with Crippen LogP contribution in [0.25, 0.3) is 0 Å². The standard InChI is InChI=1S/C27H37N3O6S/c1-18-14-19(2)27(20(3)15-18)37(32,33)30(22-10-8-7-9-11-22)17-24(31)29-28-16-21-12-13-23(34-4)26(36-6)25(21)35-5/h12-16,22H,7-11,17H2,1-6H3,(H,29,31)/b28-16+. The van der Waals surface area contributed by atoms with Gasteiger partial charge in [0, 0.05) is 11.6 Å². The van der Waals surface area contributed by atoms with Crippen molar-refractivity contribution in [2.45, 2.75) is 63.8 Å². The molecule has 0 bridgehead atoms. The summed E-state index contributed by atoms with van der Waals surface area (Å²) in [7, 11) is 0.613. The number of nitrogens with zero attached hydrogens (tertiary/aromatic N) is 2. The maximum absolute atomic E-state index is 13.9. The zero-order valence-corrected chi connectivity index (χ0v) is 23.3. The van der Waals surface area contributed by atoms with Gasteiger partial charge in [-0.25, -0.2) is 13.8 Å². The topological polar surface area (TPSA) is 107 Å². The molecular formula is C27H37N3O6S. The van der Waals surface area contributed by atoms with Crippen LogP contribution in [0, 0.1) is 20.8 Å². The van der Waals surface area contributed by atoms with Crippen LogP contribution in [-0.4, -0.2) is 58.8 Å². The number of ether oxygens (including phenoxy) is 3. The van der Waals surface area contributed by atoms with Gasteiger partial charge in [0.1, 0.15) is 0 Å². The molecule has 1 N–H and O–H groups in total. The van der Waals surface area contributed by atoms with E-state index in [4.69, 9.17) is 14.2 Å². The van der Waals surface area contributed by atoms with Gasteiger partial charge in [-0.15, -0.1) is 0 Å². The number of rotatable bonds is 10. The SMILES string of the molecule is COc1ccc(/C=N/NC(=O)CN(C2CCCCC2)S(=O)(=O)c2c(C)cc(C)cc2C)c(OC)c1OC. The van der Waals surface area contributed by atoms with E-state index in [0.29, 0.717) is 33.9 Å². The van der Waals surface area contributed by atoms with Crippen LogP contribution in [-0.2, 0) is 14.8 Å². The van der Waals surface area contributed by atoms with Crippen LogP contribution >= 0.6 is 0 Å². The van der Waals surface area contributed by atoms with Crippen molar-refractivity contribution in [2.75, 3.05) is 27.9 Å². The minimum absolute atomic E-state index is 0.237.